The van der Waals surface area contributed by atoms with Crippen LogP contribution in [0.15, 0.2) is 54.6 Å². The van der Waals surface area contributed by atoms with Gasteiger partial charge in [0, 0.05) is 22.2 Å². The summed E-state index contributed by atoms with van der Waals surface area (Å²) in [5.74, 6) is -0.212. The Hall–Kier alpha value is -2.09. The van der Waals surface area contributed by atoms with Crippen LogP contribution in [-0.4, -0.2) is 4.98 Å². The van der Waals surface area contributed by atoms with Crippen molar-refractivity contribution in [2.24, 2.45) is 0 Å². The van der Waals surface area contributed by atoms with Gasteiger partial charge in [-0.1, -0.05) is 30.3 Å². The Labute approximate surface area is 92.5 Å². The SMILES string of the molecule is Fc1cccc(-c2cc3ccccc3[nH]2)c1. The lowest BCUT2D eigenvalue weighted by molar-refractivity contribution is 0.628. The van der Waals surface area contributed by atoms with Gasteiger partial charge in [0.15, 0.2) is 0 Å². The molecule has 16 heavy (non-hydrogen) atoms. The van der Waals surface area contributed by atoms with Gasteiger partial charge in [-0.05, 0) is 24.3 Å². The first kappa shape index (κ1) is 9.16. The summed E-state index contributed by atoms with van der Waals surface area (Å²) in [6.45, 7) is 0. The maximum Gasteiger partial charge on any atom is 0.123 e. The largest absolute Gasteiger partial charge is 0.355 e. The summed E-state index contributed by atoms with van der Waals surface area (Å²) in [7, 11) is 0. The minimum absolute atomic E-state index is 0.212. The van der Waals surface area contributed by atoms with E-state index in [4.69, 9.17) is 0 Å². The summed E-state index contributed by atoms with van der Waals surface area (Å²) in [4.78, 5) is 3.27. The van der Waals surface area contributed by atoms with Crippen molar-refractivity contribution in [2.75, 3.05) is 0 Å². The standard InChI is InChI=1S/C14H10FN/c15-12-6-3-5-10(8-12)14-9-11-4-1-2-7-13(11)16-14/h1-9,16H. The summed E-state index contributed by atoms with van der Waals surface area (Å²) < 4.78 is 13.1. The fourth-order valence-corrected chi connectivity index (χ4v) is 1.88. The van der Waals surface area contributed by atoms with Gasteiger partial charge in [0.2, 0.25) is 0 Å². The van der Waals surface area contributed by atoms with Crippen molar-refractivity contribution in [2.45, 2.75) is 0 Å². The maximum absolute atomic E-state index is 13.1. The summed E-state index contributed by atoms with van der Waals surface area (Å²) in [6.07, 6.45) is 0. The molecule has 3 rings (SSSR count). The molecule has 2 aromatic carbocycles. The molecule has 0 saturated heterocycles. The summed E-state index contributed by atoms with van der Waals surface area (Å²) in [5, 5.41) is 1.14. The zero-order valence-electron chi connectivity index (χ0n) is 8.57. The van der Waals surface area contributed by atoms with Gasteiger partial charge >= 0.3 is 0 Å². The molecule has 1 N–H and O–H groups in total. The normalized spacial score (nSPS) is 10.8. The second-order valence-electron chi connectivity index (χ2n) is 3.78. The van der Waals surface area contributed by atoms with Crippen LogP contribution in [0.5, 0.6) is 0 Å². The molecule has 0 saturated carbocycles. The fraction of sp³-hybridized carbons (Fsp3) is 0. The lowest BCUT2D eigenvalue weighted by atomic mass is 10.1. The Morgan fingerprint density at radius 2 is 1.75 bits per heavy atom. The molecule has 78 valence electrons. The molecular formula is C14H10FN. The van der Waals surface area contributed by atoms with Crippen LogP contribution in [0.1, 0.15) is 0 Å². The van der Waals surface area contributed by atoms with E-state index in [9.17, 15) is 4.39 Å². The zero-order valence-corrected chi connectivity index (χ0v) is 8.57. The molecule has 0 aliphatic carbocycles. The monoisotopic (exact) mass is 211 g/mol. The topological polar surface area (TPSA) is 15.8 Å². The number of halogens is 1. The Morgan fingerprint density at radius 3 is 2.56 bits per heavy atom. The molecule has 0 radical (unpaired) electrons. The van der Waals surface area contributed by atoms with E-state index in [1.165, 1.54) is 12.1 Å². The number of benzene rings is 2. The predicted octanol–water partition coefficient (Wildman–Crippen LogP) is 3.97. The molecule has 0 aliphatic heterocycles. The number of hydrogen-bond acceptors (Lipinski definition) is 0. The number of H-pyrrole nitrogens is 1. The summed E-state index contributed by atoms with van der Waals surface area (Å²) in [6, 6.07) is 16.7. The molecule has 1 aromatic heterocycles. The molecule has 1 nitrogen and oxygen atoms in total. The lowest BCUT2D eigenvalue weighted by Crippen LogP contribution is -1.78. The van der Waals surface area contributed by atoms with E-state index in [1.54, 1.807) is 6.07 Å². The quantitative estimate of drug-likeness (QED) is 0.626. The summed E-state index contributed by atoms with van der Waals surface area (Å²) in [5.41, 5.74) is 2.89. The molecule has 1 heterocycles. The molecule has 0 bridgehead atoms. The fourth-order valence-electron chi connectivity index (χ4n) is 1.88. The summed E-state index contributed by atoms with van der Waals surface area (Å²) >= 11 is 0. The first-order chi connectivity index (χ1) is 7.83. The van der Waals surface area contributed by atoms with E-state index in [1.807, 2.05) is 36.4 Å². The molecule has 0 unspecified atom stereocenters. The van der Waals surface area contributed by atoms with Crippen molar-refractivity contribution in [1.29, 1.82) is 0 Å². The van der Waals surface area contributed by atoms with Gasteiger partial charge in [0.1, 0.15) is 5.82 Å². The smallest absolute Gasteiger partial charge is 0.123 e. The van der Waals surface area contributed by atoms with Crippen LogP contribution in [0.4, 0.5) is 4.39 Å². The number of hydrogen-bond donors (Lipinski definition) is 1. The van der Waals surface area contributed by atoms with Gasteiger partial charge in [-0.25, -0.2) is 4.39 Å². The van der Waals surface area contributed by atoms with Crippen molar-refractivity contribution in [3.63, 3.8) is 0 Å². The van der Waals surface area contributed by atoms with Crippen molar-refractivity contribution in [3.05, 3.63) is 60.4 Å². The maximum atomic E-state index is 13.1. The van der Waals surface area contributed by atoms with Crippen LogP contribution in [-0.2, 0) is 0 Å². The van der Waals surface area contributed by atoms with Crippen molar-refractivity contribution < 1.29 is 4.39 Å². The Morgan fingerprint density at radius 1 is 0.875 bits per heavy atom. The van der Waals surface area contributed by atoms with Gasteiger partial charge < -0.3 is 4.98 Å². The van der Waals surface area contributed by atoms with Crippen molar-refractivity contribution in [3.8, 4) is 11.3 Å². The van der Waals surface area contributed by atoms with Crippen molar-refractivity contribution in [1.82, 2.24) is 4.98 Å². The third-order valence-corrected chi connectivity index (χ3v) is 2.67. The molecule has 0 fully saturated rings. The minimum atomic E-state index is -0.212. The van der Waals surface area contributed by atoms with Crippen LogP contribution in [0.2, 0.25) is 0 Å². The van der Waals surface area contributed by atoms with Crippen LogP contribution in [0.3, 0.4) is 0 Å². The molecular weight excluding hydrogens is 201 g/mol. The number of nitrogens with one attached hydrogen (secondary N) is 1. The number of fused-ring (bicyclic) bond motifs is 1. The lowest BCUT2D eigenvalue weighted by Gasteiger charge is -1.96. The molecule has 0 spiro atoms. The van der Waals surface area contributed by atoms with Crippen LogP contribution < -0.4 is 0 Å². The van der Waals surface area contributed by atoms with Gasteiger partial charge in [-0.3, -0.25) is 0 Å². The number of aromatic amines is 1. The molecule has 0 atom stereocenters. The van der Waals surface area contributed by atoms with E-state index in [0.29, 0.717) is 0 Å². The molecule has 3 aromatic rings. The van der Waals surface area contributed by atoms with Gasteiger partial charge in [0.25, 0.3) is 0 Å². The highest BCUT2D eigenvalue weighted by Crippen LogP contribution is 2.24. The van der Waals surface area contributed by atoms with Gasteiger partial charge in [-0.2, -0.15) is 0 Å². The highest BCUT2D eigenvalue weighted by molar-refractivity contribution is 5.85. The van der Waals surface area contributed by atoms with Crippen LogP contribution in [0, 0.1) is 5.82 Å². The minimum Gasteiger partial charge on any atom is -0.355 e. The number of rotatable bonds is 1. The van der Waals surface area contributed by atoms with E-state index in [-0.39, 0.29) is 5.82 Å². The predicted molar refractivity (Wildman–Crippen MR) is 63.7 cm³/mol. The van der Waals surface area contributed by atoms with E-state index in [2.05, 4.69) is 4.98 Å². The van der Waals surface area contributed by atoms with Crippen LogP contribution in [0.25, 0.3) is 22.2 Å². The van der Waals surface area contributed by atoms with E-state index >= 15 is 0 Å². The molecule has 0 aliphatic rings. The Balaban J connectivity index is 2.19. The molecule has 2 heteroatoms. The highest BCUT2D eigenvalue weighted by Gasteiger charge is 2.03. The number of para-hydroxylation sites is 1. The third kappa shape index (κ3) is 1.48. The second kappa shape index (κ2) is 3.49. The van der Waals surface area contributed by atoms with Crippen molar-refractivity contribution >= 4 is 10.9 Å². The van der Waals surface area contributed by atoms with E-state index in [0.717, 1.165) is 22.2 Å². The average molecular weight is 211 g/mol. The van der Waals surface area contributed by atoms with Gasteiger partial charge in [-0.15, -0.1) is 0 Å². The Bertz CT molecular complexity index is 607. The second-order valence-corrected chi connectivity index (χ2v) is 3.78. The number of aromatic nitrogens is 1. The third-order valence-electron chi connectivity index (χ3n) is 2.67. The Kier molecular flexibility index (Phi) is 2.00. The zero-order chi connectivity index (χ0) is 11.0. The first-order valence-electron chi connectivity index (χ1n) is 5.17. The van der Waals surface area contributed by atoms with Crippen LogP contribution >= 0.6 is 0 Å². The van der Waals surface area contributed by atoms with E-state index < -0.39 is 0 Å². The highest BCUT2D eigenvalue weighted by atomic mass is 19.1. The molecule has 0 amide bonds. The van der Waals surface area contributed by atoms with Gasteiger partial charge in [0.05, 0.1) is 0 Å². The first-order valence-corrected chi connectivity index (χ1v) is 5.17. The average Bonchev–Trinajstić information content (AvgIpc) is 2.72.